The fraction of sp³-hybridized carbons (Fsp3) is 0.273. The molecule has 0 saturated heterocycles. The van der Waals surface area contributed by atoms with E-state index < -0.39 is 5.82 Å². The summed E-state index contributed by atoms with van der Waals surface area (Å²) < 4.78 is 13.7. The molecule has 0 spiro atoms. The van der Waals surface area contributed by atoms with E-state index in [4.69, 9.17) is 29.5 Å². The first-order chi connectivity index (χ1) is 8.07. The second kappa shape index (κ2) is 6.48. The molecule has 6 heteroatoms. The second-order valence-electron chi connectivity index (χ2n) is 3.24. The molecule has 0 atom stereocenters. The number of thioether (sulfide) groups is 1. The van der Waals surface area contributed by atoms with Gasteiger partial charge in [0.2, 0.25) is 0 Å². The quantitative estimate of drug-likeness (QED) is 0.438. The molecule has 0 amide bonds. The number of nitrogens with one attached hydrogen (secondary N) is 1. The van der Waals surface area contributed by atoms with Gasteiger partial charge >= 0.3 is 0 Å². The predicted molar refractivity (Wildman–Crippen MR) is 74.9 cm³/mol. The van der Waals surface area contributed by atoms with Crippen molar-refractivity contribution in [2.45, 2.75) is 0 Å². The van der Waals surface area contributed by atoms with Crippen LogP contribution in [0.25, 0.3) is 0 Å². The monoisotopic (exact) mass is 273 g/mol. The molecule has 0 aliphatic rings. The highest BCUT2D eigenvalue weighted by molar-refractivity contribution is 7.99. The van der Waals surface area contributed by atoms with Crippen molar-refractivity contribution in [2.24, 2.45) is 0 Å². The molecule has 0 aromatic heterocycles. The lowest BCUT2D eigenvalue weighted by atomic mass is 10.2. The van der Waals surface area contributed by atoms with Crippen LogP contribution in [-0.2, 0) is 0 Å². The standard InChI is InChI=1S/C11H13ClFN3S/c1-2-4-17-5-3-16-11-8(15)6-7(14)9(12)10(11)13/h1,6,16H,3-5,14-15H2. The van der Waals surface area contributed by atoms with Crippen molar-refractivity contribution in [3.8, 4) is 12.3 Å². The zero-order chi connectivity index (χ0) is 12.8. The highest BCUT2D eigenvalue weighted by atomic mass is 35.5. The summed E-state index contributed by atoms with van der Waals surface area (Å²) in [6.07, 6.45) is 5.10. The van der Waals surface area contributed by atoms with Gasteiger partial charge in [-0.15, -0.1) is 18.2 Å². The third-order valence-electron chi connectivity index (χ3n) is 2.00. The minimum Gasteiger partial charge on any atom is -0.397 e. The summed E-state index contributed by atoms with van der Waals surface area (Å²) in [5.41, 5.74) is 11.7. The Morgan fingerprint density at radius 2 is 2.18 bits per heavy atom. The van der Waals surface area contributed by atoms with Crippen LogP contribution >= 0.6 is 23.4 Å². The average molecular weight is 274 g/mol. The van der Waals surface area contributed by atoms with Gasteiger partial charge < -0.3 is 16.8 Å². The van der Waals surface area contributed by atoms with Crippen LogP contribution in [0.4, 0.5) is 21.5 Å². The maximum absolute atomic E-state index is 13.7. The molecule has 0 aliphatic heterocycles. The topological polar surface area (TPSA) is 64.1 Å². The smallest absolute Gasteiger partial charge is 0.169 e. The minimum absolute atomic E-state index is 0.113. The first kappa shape index (κ1) is 13.8. The van der Waals surface area contributed by atoms with Crippen LogP contribution in [0.15, 0.2) is 6.07 Å². The molecule has 0 fully saturated rings. The van der Waals surface area contributed by atoms with Gasteiger partial charge in [-0.3, -0.25) is 0 Å². The Morgan fingerprint density at radius 1 is 1.47 bits per heavy atom. The molecule has 0 radical (unpaired) electrons. The maximum atomic E-state index is 13.7. The van der Waals surface area contributed by atoms with Crippen LogP contribution in [0.1, 0.15) is 0 Å². The summed E-state index contributed by atoms with van der Waals surface area (Å²) in [5, 5.41) is 2.77. The number of benzene rings is 1. The summed E-state index contributed by atoms with van der Waals surface area (Å²) in [4.78, 5) is 0. The number of nitrogen functional groups attached to an aromatic ring is 2. The first-order valence-corrected chi connectivity index (χ1v) is 6.39. The van der Waals surface area contributed by atoms with E-state index in [1.165, 1.54) is 6.07 Å². The van der Waals surface area contributed by atoms with Crippen LogP contribution < -0.4 is 16.8 Å². The highest BCUT2D eigenvalue weighted by Gasteiger charge is 2.13. The molecule has 3 nitrogen and oxygen atoms in total. The van der Waals surface area contributed by atoms with Gasteiger partial charge in [-0.25, -0.2) is 4.39 Å². The zero-order valence-electron chi connectivity index (χ0n) is 9.09. The molecule has 92 valence electrons. The van der Waals surface area contributed by atoms with E-state index in [0.29, 0.717) is 12.3 Å². The molecule has 0 aliphatic carbocycles. The summed E-state index contributed by atoms with van der Waals surface area (Å²) in [7, 11) is 0. The van der Waals surface area contributed by atoms with E-state index in [1.54, 1.807) is 11.8 Å². The number of hydrogen-bond acceptors (Lipinski definition) is 4. The third kappa shape index (κ3) is 3.62. The molecule has 0 bridgehead atoms. The van der Waals surface area contributed by atoms with Crippen molar-refractivity contribution in [1.29, 1.82) is 0 Å². The molecule has 0 saturated carbocycles. The van der Waals surface area contributed by atoms with E-state index in [-0.39, 0.29) is 22.1 Å². The van der Waals surface area contributed by atoms with Crippen LogP contribution in [-0.4, -0.2) is 18.1 Å². The Labute approximate surface area is 109 Å². The number of rotatable bonds is 5. The second-order valence-corrected chi connectivity index (χ2v) is 4.72. The van der Waals surface area contributed by atoms with Crippen molar-refractivity contribution >= 4 is 40.4 Å². The van der Waals surface area contributed by atoms with Gasteiger partial charge in [0, 0.05) is 12.3 Å². The molecule has 5 N–H and O–H groups in total. The van der Waals surface area contributed by atoms with Crippen LogP contribution in [0.5, 0.6) is 0 Å². The van der Waals surface area contributed by atoms with Gasteiger partial charge in [-0.2, -0.15) is 0 Å². The van der Waals surface area contributed by atoms with Crippen molar-refractivity contribution in [3.05, 3.63) is 16.9 Å². The van der Waals surface area contributed by atoms with Gasteiger partial charge in [0.15, 0.2) is 5.82 Å². The molecular formula is C11H13ClFN3S. The lowest BCUT2D eigenvalue weighted by Crippen LogP contribution is -2.09. The van der Waals surface area contributed by atoms with Gasteiger partial charge in [0.1, 0.15) is 5.02 Å². The number of terminal acetylenes is 1. The molecule has 0 heterocycles. The van der Waals surface area contributed by atoms with Crippen LogP contribution in [0, 0.1) is 18.2 Å². The predicted octanol–water partition coefficient (Wildman–Crippen LogP) is 2.42. The van der Waals surface area contributed by atoms with Gasteiger partial charge in [-0.05, 0) is 6.07 Å². The summed E-state index contributed by atoms with van der Waals surface area (Å²) >= 11 is 7.26. The Kier molecular flexibility index (Phi) is 5.26. The van der Waals surface area contributed by atoms with Gasteiger partial charge in [0.25, 0.3) is 0 Å². The third-order valence-corrected chi connectivity index (χ3v) is 3.25. The fourth-order valence-corrected chi connectivity index (χ4v) is 1.88. The van der Waals surface area contributed by atoms with E-state index in [2.05, 4.69) is 11.2 Å². The SMILES string of the molecule is C#CCSCCNc1c(N)cc(N)c(Cl)c1F. The number of anilines is 3. The fourth-order valence-electron chi connectivity index (χ4n) is 1.23. The lowest BCUT2D eigenvalue weighted by Gasteiger charge is -2.12. The lowest BCUT2D eigenvalue weighted by molar-refractivity contribution is 0.632. The van der Waals surface area contributed by atoms with Crippen molar-refractivity contribution in [1.82, 2.24) is 0 Å². The Morgan fingerprint density at radius 3 is 2.82 bits per heavy atom. The molecule has 1 aromatic carbocycles. The maximum Gasteiger partial charge on any atom is 0.169 e. The molecular weight excluding hydrogens is 261 g/mol. The molecule has 1 rings (SSSR count). The normalized spacial score (nSPS) is 9.94. The van der Waals surface area contributed by atoms with Gasteiger partial charge in [0.05, 0.1) is 22.8 Å². The Balaban J connectivity index is 2.66. The van der Waals surface area contributed by atoms with E-state index in [9.17, 15) is 4.39 Å². The molecule has 0 unspecified atom stereocenters. The number of halogens is 2. The Bertz CT molecular complexity index is 445. The number of hydrogen-bond donors (Lipinski definition) is 3. The molecule has 17 heavy (non-hydrogen) atoms. The zero-order valence-corrected chi connectivity index (χ0v) is 10.7. The Hall–Kier alpha value is -1.25. The summed E-state index contributed by atoms with van der Waals surface area (Å²) in [5.74, 6) is 3.27. The van der Waals surface area contributed by atoms with Crippen LogP contribution in [0.2, 0.25) is 5.02 Å². The van der Waals surface area contributed by atoms with Crippen molar-refractivity contribution in [3.63, 3.8) is 0 Å². The van der Waals surface area contributed by atoms with Crippen LogP contribution in [0.3, 0.4) is 0 Å². The first-order valence-electron chi connectivity index (χ1n) is 4.86. The van der Waals surface area contributed by atoms with E-state index >= 15 is 0 Å². The summed E-state index contributed by atoms with van der Waals surface area (Å²) in [6.45, 7) is 0.549. The van der Waals surface area contributed by atoms with E-state index in [0.717, 1.165) is 5.75 Å². The minimum atomic E-state index is -0.619. The van der Waals surface area contributed by atoms with Crippen molar-refractivity contribution in [2.75, 3.05) is 34.8 Å². The van der Waals surface area contributed by atoms with Crippen molar-refractivity contribution < 1.29 is 4.39 Å². The van der Waals surface area contributed by atoms with E-state index in [1.807, 2.05) is 0 Å². The summed E-state index contributed by atoms with van der Waals surface area (Å²) in [6, 6.07) is 1.43. The number of nitrogens with two attached hydrogens (primary N) is 2. The largest absolute Gasteiger partial charge is 0.397 e. The molecule has 1 aromatic rings. The highest BCUT2D eigenvalue weighted by Crippen LogP contribution is 2.33. The van der Waals surface area contributed by atoms with Gasteiger partial charge in [-0.1, -0.05) is 17.5 Å². The average Bonchev–Trinajstić information content (AvgIpc) is 2.30.